The Balaban J connectivity index is 2.31. The highest BCUT2D eigenvalue weighted by molar-refractivity contribution is 5.98. The molecule has 0 aromatic carbocycles. The van der Waals surface area contributed by atoms with Crippen molar-refractivity contribution in [1.82, 2.24) is 15.0 Å². The first-order valence-corrected chi connectivity index (χ1v) is 5.67. The van der Waals surface area contributed by atoms with E-state index in [0.717, 1.165) is 0 Å². The van der Waals surface area contributed by atoms with Gasteiger partial charge in [-0.3, -0.25) is 9.78 Å². The molecule has 3 atom stereocenters. The van der Waals surface area contributed by atoms with Gasteiger partial charge in [-0.2, -0.15) is 4.98 Å². The first-order chi connectivity index (χ1) is 9.45. The third-order valence-corrected chi connectivity index (χ3v) is 2.76. The lowest BCUT2D eigenvalue weighted by Gasteiger charge is -2.19. The van der Waals surface area contributed by atoms with Gasteiger partial charge in [0.1, 0.15) is 12.2 Å². The van der Waals surface area contributed by atoms with Gasteiger partial charge in [0.15, 0.2) is 18.2 Å². The Labute approximate surface area is 111 Å². The predicted molar refractivity (Wildman–Crippen MR) is 64.3 cm³/mol. The molecule has 10 heteroatoms. The Morgan fingerprint density at radius 1 is 1.40 bits per heavy atom. The molecule has 10 nitrogen and oxygen atoms in total. The molecule has 0 radical (unpaired) electrons. The van der Waals surface area contributed by atoms with Crippen molar-refractivity contribution in [2.24, 2.45) is 0 Å². The number of fused-ring (bicyclic) bond motifs is 1. The molecule has 0 aliphatic carbocycles. The fraction of sp³-hybridized carbons (Fsp3) is 0.400. The van der Waals surface area contributed by atoms with Crippen LogP contribution in [0.3, 0.4) is 0 Å². The number of aromatic nitrogens is 4. The van der Waals surface area contributed by atoms with Gasteiger partial charge in [-0.05, 0) is 0 Å². The van der Waals surface area contributed by atoms with Crippen LogP contribution in [0, 0.1) is 0 Å². The highest BCUT2D eigenvalue weighted by atomic mass is 16.4. The summed E-state index contributed by atoms with van der Waals surface area (Å²) < 4.78 is 0. The molecule has 2 heterocycles. The van der Waals surface area contributed by atoms with Crippen molar-refractivity contribution >= 4 is 22.8 Å². The number of hydrogen-bond acceptors (Lipinski definition) is 8. The van der Waals surface area contributed by atoms with E-state index in [4.69, 9.17) is 10.8 Å². The summed E-state index contributed by atoms with van der Waals surface area (Å²) >= 11 is 0. The van der Waals surface area contributed by atoms with E-state index in [1.54, 1.807) is 0 Å². The van der Waals surface area contributed by atoms with Crippen LogP contribution in [-0.4, -0.2) is 66.1 Å². The maximum Gasteiger partial charge on any atom is 0.305 e. The number of nitrogens with one attached hydrogen (secondary N) is 2. The number of nitrogen functional groups attached to an aromatic ring is 1. The lowest BCUT2D eigenvalue weighted by molar-refractivity contribution is -0.347. The van der Waals surface area contributed by atoms with Crippen LogP contribution < -0.4 is 10.7 Å². The fourth-order valence-electron chi connectivity index (χ4n) is 1.62. The smallest absolute Gasteiger partial charge is 0.305 e. The second-order valence-corrected chi connectivity index (χ2v) is 4.14. The molecule has 108 valence electrons. The van der Waals surface area contributed by atoms with Crippen molar-refractivity contribution in [3.05, 3.63) is 12.2 Å². The van der Waals surface area contributed by atoms with Crippen molar-refractivity contribution in [1.29, 1.82) is 0 Å². The fourth-order valence-corrected chi connectivity index (χ4v) is 1.62. The van der Waals surface area contributed by atoms with E-state index < -0.39 is 36.5 Å². The minimum absolute atomic E-state index is 0.0102. The van der Waals surface area contributed by atoms with Crippen LogP contribution in [0.2, 0.25) is 0 Å². The van der Waals surface area contributed by atoms with E-state index in [-0.39, 0.29) is 11.5 Å². The molecule has 0 unspecified atom stereocenters. The third kappa shape index (κ3) is 2.44. The topological polar surface area (TPSA) is 180 Å². The zero-order valence-corrected chi connectivity index (χ0v) is 10.2. The zero-order chi connectivity index (χ0) is 14.9. The summed E-state index contributed by atoms with van der Waals surface area (Å²) in [6, 6.07) is 0. The number of Topliss-reactive ketones (excluding diaryl/α,β-unsaturated/α-hetero) is 1. The molecule has 0 fully saturated rings. The molecule has 8 N–H and O–H groups in total. The summed E-state index contributed by atoms with van der Waals surface area (Å²) in [6.07, 6.45) is -4.06. The average Bonchev–Trinajstić information content (AvgIpc) is 2.92. The highest BCUT2D eigenvalue weighted by Crippen LogP contribution is 2.13. The van der Waals surface area contributed by atoms with Gasteiger partial charge in [0.05, 0.1) is 6.61 Å². The van der Waals surface area contributed by atoms with Crippen LogP contribution in [0.5, 0.6) is 0 Å². The number of carbonyl (C=O) groups is 1. The quantitative estimate of drug-likeness (QED) is 0.307. The van der Waals surface area contributed by atoms with Crippen molar-refractivity contribution in [2.45, 2.75) is 18.3 Å². The Kier molecular flexibility index (Phi) is 3.90. The van der Waals surface area contributed by atoms with Crippen LogP contribution in [-0.2, 0) is 0 Å². The maximum atomic E-state index is 11.9. The van der Waals surface area contributed by atoms with Crippen molar-refractivity contribution in [3.8, 4) is 0 Å². The molecule has 2 aromatic heterocycles. The summed E-state index contributed by atoms with van der Waals surface area (Å²) in [6.45, 7) is -0.806. The lowest BCUT2D eigenvalue weighted by atomic mass is 10.0. The van der Waals surface area contributed by atoms with Gasteiger partial charge < -0.3 is 26.2 Å². The molecule has 0 saturated heterocycles. The summed E-state index contributed by atoms with van der Waals surface area (Å²) in [5, 5.41) is 37.0. The first-order valence-electron chi connectivity index (χ1n) is 5.67. The Bertz CT molecular complexity index is 630. The lowest BCUT2D eigenvalue weighted by Crippen LogP contribution is -2.44. The number of aliphatic hydroxyl groups excluding tert-OH is 4. The average molecular weight is 284 g/mol. The number of nitrogens with zero attached hydrogens (tertiary/aromatic N) is 2. The number of anilines is 1. The molecule has 0 aliphatic heterocycles. The van der Waals surface area contributed by atoms with Gasteiger partial charge in [-0.15, -0.1) is 0 Å². The summed E-state index contributed by atoms with van der Waals surface area (Å²) in [7, 11) is 0. The van der Waals surface area contributed by atoms with Crippen LogP contribution in [0.4, 0.5) is 5.82 Å². The number of aliphatic hydroxyl groups is 4. The van der Waals surface area contributed by atoms with Crippen LogP contribution in [0.25, 0.3) is 11.2 Å². The molecule has 20 heavy (non-hydrogen) atoms. The monoisotopic (exact) mass is 284 g/mol. The van der Waals surface area contributed by atoms with Crippen molar-refractivity contribution < 1.29 is 30.2 Å². The van der Waals surface area contributed by atoms with Gasteiger partial charge in [0.2, 0.25) is 11.3 Å². The summed E-state index contributed by atoms with van der Waals surface area (Å²) in [5.41, 5.74) is 6.26. The molecule has 0 aliphatic rings. The third-order valence-electron chi connectivity index (χ3n) is 2.76. The molecule has 2 aromatic rings. The van der Waals surface area contributed by atoms with E-state index in [1.807, 2.05) is 0 Å². The molecular weight excluding hydrogens is 270 g/mol. The molecule has 0 bridgehead atoms. The summed E-state index contributed by atoms with van der Waals surface area (Å²) in [5.74, 6) is -1.44. The van der Waals surface area contributed by atoms with Crippen molar-refractivity contribution in [2.75, 3.05) is 12.3 Å². The van der Waals surface area contributed by atoms with Crippen LogP contribution in [0.1, 0.15) is 10.6 Å². The van der Waals surface area contributed by atoms with E-state index in [9.17, 15) is 20.1 Å². The number of nitrogens with two attached hydrogens (primary N) is 1. The van der Waals surface area contributed by atoms with Gasteiger partial charge in [-0.25, -0.2) is 4.98 Å². The van der Waals surface area contributed by atoms with Crippen LogP contribution >= 0.6 is 0 Å². The first kappa shape index (κ1) is 14.3. The molecule has 0 spiro atoms. The Morgan fingerprint density at radius 3 is 2.75 bits per heavy atom. The number of ketones is 1. The second kappa shape index (κ2) is 5.46. The van der Waals surface area contributed by atoms with Gasteiger partial charge in [-0.1, -0.05) is 4.98 Å². The maximum absolute atomic E-state index is 11.9. The Hall–Kier alpha value is -2.14. The number of imidazole rings is 1. The minimum Gasteiger partial charge on any atom is -0.394 e. The number of carbonyl (C=O) groups excluding carboxylic acids is 1. The van der Waals surface area contributed by atoms with E-state index in [1.165, 1.54) is 6.33 Å². The van der Waals surface area contributed by atoms with Crippen molar-refractivity contribution in [3.63, 3.8) is 0 Å². The molecule has 0 saturated carbocycles. The van der Waals surface area contributed by atoms with Gasteiger partial charge in [0.25, 0.3) is 5.82 Å². The van der Waals surface area contributed by atoms with Crippen LogP contribution in [0.15, 0.2) is 6.33 Å². The van der Waals surface area contributed by atoms with Gasteiger partial charge in [0, 0.05) is 0 Å². The minimum atomic E-state index is -1.98. The SMILES string of the molecule is Nc1nc(C(=O)[C@H](O)[C@H](O)[C@H](O)CO)nc2[nH+]c[nH]c12. The molecule has 0 amide bonds. The van der Waals surface area contributed by atoms with Gasteiger partial charge >= 0.3 is 5.65 Å². The number of hydrogen-bond donors (Lipinski definition) is 6. The molecule has 2 rings (SSSR count). The molecular formula is C10H14N5O5+. The van der Waals surface area contributed by atoms with E-state index in [2.05, 4.69) is 19.9 Å². The number of rotatable bonds is 5. The normalized spacial score (nSPS) is 16.0. The zero-order valence-electron chi connectivity index (χ0n) is 10.2. The number of aromatic amines is 2. The predicted octanol–water partition coefficient (Wildman–Crippen LogP) is -3.39. The number of H-pyrrole nitrogens is 2. The van der Waals surface area contributed by atoms with E-state index >= 15 is 0 Å². The Morgan fingerprint density at radius 2 is 2.10 bits per heavy atom. The largest absolute Gasteiger partial charge is 0.394 e. The second-order valence-electron chi connectivity index (χ2n) is 4.14. The van der Waals surface area contributed by atoms with E-state index in [0.29, 0.717) is 5.52 Å². The standard InChI is InChI=1S/C10H13N5O5/c11-8-4-9(13-2-12-4)15-10(14-8)7(20)6(19)5(18)3(17)1-16/h2-3,5-6,16-19H,1H2,(H3,11,12,13,14,15)/p+1/t3-,5-,6-/m1/s1. The highest BCUT2D eigenvalue weighted by Gasteiger charge is 2.34. The summed E-state index contributed by atoms with van der Waals surface area (Å²) in [4.78, 5) is 24.9.